The van der Waals surface area contributed by atoms with Crippen molar-refractivity contribution in [1.82, 2.24) is 0 Å². The molecule has 0 aliphatic rings. The van der Waals surface area contributed by atoms with Gasteiger partial charge in [0.15, 0.2) is 11.6 Å². The Hall–Kier alpha value is -1.83. The fourth-order valence-electron chi connectivity index (χ4n) is 1.21. The molecular weight excluding hydrogens is 191 g/mol. The lowest BCUT2D eigenvalue weighted by Crippen LogP contribution is -1.87. The van der Waals surface area contributed by atoms with Gasteiger partial charge in [0.2, 0.25) is 0 Å². The van der Waals surface area contributed by atoms with Crippen LogP contribution in [0.5, 0.6) is 11.5 Å². The quantitative estimate of drug-likeness (QED) is 0.719. The average Bonchev–Trinajstić information content (AvgIpc) is 2.25. The van der Waals surface area contributed by atoms with Crippen LogP contribution in [0, 0.1) is 18.8 Å². The Kier molecular flexibility index (Phi) is 2.68. The van der Waals surface area contributed by atoms with Gasteiger partial charge in [-0.2, -0.15) is 0 Å². The lowest BCUT2D eigenvalue weighted by Gasteiger charge is -2.06. The number of aryl methyl sites for hydroxylation is 1. The largest absolute Gasteiger partial charge is 0.454 e. The molecule has 0 atom stereocenters. The smallest absolute Gasteiger partial charge is 0.165 e. The summed E-state index contributed by atoms with van der Waals surface area (Å²) in [7, 11) is 0. The summed E-state index contributed by atoms with van der Waals surface area (Å²) in [6, 6.07) is 14.5. The van der Waals surface area contributed by atoms with E-state index in [0.717, 1.165) is 5.56 Å². The van der Waals surface area contributed by atoms with Crippen LogP contribution in [0.4, 0.5) is 4.39 Å². The van der Waals surface area contributed by atoms with E-state index in [4.69, 9.17) is 4.74 Å². The molecule has 0 aromatic heterocycles. The van der Waals surface area contributed by atoms with Crippen LogP contribution in [0.2, 0.25) is 0 Å². The maximum atomic E-state index is 13.2. The van der Waals surface area contributed by atoms with Crippen molar-refractivity contribution in [2.45, 2.75) is 6.92 Å². The van der Waals surface area contributed by atoms with Crippen LogP contribution in [0.1, 0.15) is 5.56 Å². The Balaban J connectivity index is 2.22. The highest BCUT2D eigenvalue weighted by molar-refractivity contribution is 5.33. The maximum Gasteiger partial charge on any atom is 0.165 e. The highest BCUT2D eigenvalue weighted by atomic mass is 19.1. The van der Waals surface area contributed by atoms with E-state index in [1.165, 1.54) is 18.2 Å². The number of hydrogen-bond acceptors (Lipinski definition) is 1. The molecule has 2 heteroatoms. The minimum atomic E-state index is -0.380. The molecule has 0 amide bonds. The van der Waals surface area contributed by atoms with E-state index >= 15 is 0 Å². The Labute approximate surface area is 88.1 Å². The topological polar surface area (TPSA) is 9.23 Å². The molecule has 0 heterocycles. The molecular formula is C13H10FO. The summed E-state index contributed by atoms with van der Waals surface area (Å²) in [5, 5.41) is 0. The fourth-order valence-corrected chi connectivity index (χ4v) is 1.21. The zero-order chi connectivity index (χ0) is 10.7. The second-order valence-corrected chi connectivity index (χ2v) is 3.27. The lowest BCUT2D eigenvalue weighted by molar-refractivity contribution is 0.442. The molecule has 15 heavy (non-hydrogen) atoms. The van der Waals surface area contributed by atoms with Gasteiger partial charge in [-0.15, -0.1) is 0 Å². The minimum Gasteiger partial charge on any atom is -0.454 e. The van der Waals surface area contributed by atoms with Gasteiger partial charge in [0, 0.05) is 0 Å². The first-order chi connectivity index (χ1) is 7.25. The molecule has 0 aliphatic carbocycles. The number of hydrogen-bond donors (Lipinski definition) is 0. The van der Waals surface area contributed by atoms with E-state index in [9.17, 15) is 4.39 Å². The highest BCUT2D eigenvalue weighted by Crippen LogP contribution is 2.23. The van der Waals surface area contributed by atoms with Gasteiger partial charge >= 0.3 is 0 Å². The number of ether oxygens (including phenoxy) is 1. The van der Waals surface area contributed by atoms with E-state index in [1.54, 1.807) is 0 Å². The van der Waals surface area contributed by atoms with E-state index in [1.807, 2.05) is 31.2 Å². The van der Waals surface area contributed by atoms with Crippen molar-refractivity contribution in [3.05, 3.63) is 59.9 Å². The third-order valence-electron chi connectivity index (χ3n) is 2.02. The molecule has 1 nitrogen and oxygen atoms in total. The van der Waals surface area contributed by atoms with Crippen molar-refractivity contribution in [3.63, 3.8) is 0 Å². The maximum absolute atomic E-state index is 13.2. The van der Waals surface area contributed by atoms with Gasteiger partial charge in [-0.3, -0.25) is 0 Å². The van der Waals surface area contributed by atoms with Gasteiger partial charge in [-0.25, -0.2) is 4.39 Å². The molecule has 0 bridgehead atoms. The Morgan fingerprint density at radius 3 is 2.53 bits per heavy atom. The second-order valence-electron chi connectivity index (χ2n) is 3.27. The standard InChI is InChI=1S/C13H10FO/c1-10-6-8-11(9-7-10)15-13-5-3-2-4-12(13)14/h2,4-9H,1H3. The summed E-state index contributed by atoms with van der Waals surface area (Å²) < 4.78 is 18.6. The highest BCUT2D eigenvalue weighted by Gasteiger charge is 2.02. The average molecular weight is 201 g/mol. The van der Waals surface area contributed by atoms with Crippen LogP contribution in [0.25, 0.3) is 0 Å². The Bertz CT molecular complexity index is 448. The monoisotopic (exact) mass is 201 g/mol. The van der Waals surface area contributed by atoms with Gasteiger partial charge in [0.05, 0.1) is 0 Å². The summed E-state index contributed by atoms with van der Waals surface area (Å²) >= 11 is 0. The molecule has 0 saturated carbocycles. The molecule has 2 aromatic rings. The molecule has 0 spiro atoms. The van der Waals surface area contributed by atoms with E-state index < -0.39 is 0 Å². The molecule has 0 unspecified atom stereocenters. The Morgan fingerprint density at radius 1 is 1.13 bits per heavy atom. The van der Waals surface area contributed by atoms with E-state index in [-0.39, 0.29) is 11.6 Å². The molecule has 0 fully saturated rings. The van der Waals surface area contributed by atoms with Crippen molar-refractivity contribution >= 4 is 0 Å². The molecule has 2 rings (SSSR count). The van der Waals surface area contributed by atoms with Gasteiger partial charge in [-0.05, 0) is 37.3 Å². The number of benzene rings is 2. The van der Waals surface area contributed by atoms with Gasteiger partial charge in [-0.1, -0.05) is 23.8 Å². The van der Waals surface area contributed by atoms with Crippen LogP contribution in [0.3, 0.4) is 0 Å². The van der Waals surface area contributed by atoms with Crippen LogP contribution in [0.15, 0.2) is 42.5 Å². The molecule has 0 N–H and O–H groups in total. The molecule has 0 aliphatic heterocycles. The van der Waals surface area contributed by atoms with E-state index in [0.29, 0.717) is 5.75 Å². The first-order valence-electron chi connectivity index (χ1n) is 4.66. The van der Waals surface area contributed by atoms with Crippen molar-refractivity contribution < 1.29 is 9.13 Å². The third kappa shape index (κ3) is 2.34. The third-order valence-corrected chi connectivity index (χ3v) is 2.02. The summed E-state index contributed by atoms with van der Waals surface area (Å²) in [5.74, 6) is 0.440. The predicted octanol–water partition coefficient (Wildman–Crippen LogP) is 3.73. The van der Waals surface area contributed by atoms with Crippen LogP contribution in [-0.4, -0.2) is 0 Å². The van der Waals surface area contributed by atoms with Gasteiger partial charge in [0.25, 0.3) is 0 Å². The van der Waals surface area contributed by atoms with E-state index in [2.05, 4.69) is 6.07 Å². The summed E-state index contributed by atoms with van der Waals surface area (Å²) in [5.41, 5.74) is 1.14. The van der Waals surface area contributed by atoms with Gasteiger partial charge in [0.1, 0.15) is 5.75 Å². The second kappa shape index (κ2) is 4.13. The predicted molar refractivity (Wildman–Crippen MR) is 56.5 cm³/mol. The van der Waals surface area contributed by atoms with Crippen LogP contribution in [-0.2, 0) is 0 Å². The summed E-state index contributed by atoms with van der Waals surface area (Å²) in [6.07, 6.45) is 0. The zero-order valence-electron chi connectivity index (χ0n) is 8.33. The Morgan fingerprint density at radius 2 is 1.87 bits per heavy atom. The van der Waals surface area contributed by atoms with Crippen LogP contribution < -0.4 is 4.74 Å². The van der Waals surface area contributed by atoms with Crippen molar-refractivity contribution in [2.75, 3.05) is 0 Å². The van der Waals surface area contributed by atoms with Crippen molar-refractivity contribution in [3.8, 4) is 11.5 Å². The molecule has 75 valence electrons. The fraction of sp³-hybridized carbons (Fsp3) is 0.0769. The van der Waals surface area contributed by atoms with Crippen molar-refractivity contribution in [2.24, 2.45) is 0 Å². The summed E-state index contributed by atoms with van der Waals surface area (Å²) in [6.45, 7) is 1.99. The minimum absolute atomic E-state index is 0.196. The number of halogens is 1. The molecule has 1 radical (unpaired) electrons. The molecule has 2 aromatic carbocycles. The first-order valence-corrected chi connectivity index (χ1v) is 4.66. The first kappa shape index (κ1) is 9.71. The lowest BCUT2D eigenvalue weighted by atomic mass is 10.2. The van der Waals surface area contributed by atoms with Gasteiger partial charge < -0.3 is 4.74 Å². The van der Waals surface area contributed by atoms with Crippen molar-refractivity contribution in [1.29, 1.82) is 0 Å². The number of rotatable bonds is 2. The summed E-state index contributed by atoms with van der Waals surface area (Å²) in [4.78, 5) is 0. The molecule has 0 saturated heterocycles. The van der Waals surface area contributed by atoms with Crippen LogP contribution >= 0.6 is 0 Å². The SMILES string of the molecule is Cc1ccc(Oc2c[c]ccc2F)cc1. The normalized spacial score (nSPS) is 10.0. The zero-order valence-corrected chi connectivity index (χ0v) is 8.33.